The van der Waals surface area contributed by atoms with E-state index in [-0.39, 0.29) is 0 Å². The minimum absolute atomic E-state index is 0.541. The molecule has 0 spiro atoms. The van der Waals surface area contributed by atoms with Gasteiger partial charge in [-0.1, -0.05) is 20.8 Å². The van der Waals surface area contributed by atoms with Crippen molar-refractivity contribution in [3.05, 3.63) is 0 Å². The van der Waals surface area contributed by atoms with Gasteiger partial charge in [0.25, 0.3) is 0 Å². The summed E-state index contributed by atoms with van der Waals surface area (Å²) in [6.07, 6.45) is 5.46. The molecule has 0 radical (unpaired) electrons. The third-order valence-electron chi connectivity index (χ3n) is 5.29. The Morgan fingerprint density at radius 2 is 1.95 bits per heavy atom. The topological polar surface area (TPSA) is 18.5 Å². The van der Waals surface area contributed by atoms with Gasteiger partial charge >= 0.3 is 0 Å². The molecule has 20 heavy (non-hydrogen) atoms. The molecule has 2 unspecified atom stereocenters. The van der Waals surface area contributed by atoms with Crippen LogP contribution in [-0.4, -0.2) is 62.2 Å². The molecule has 0 aromatic carbocycles. The van der Waals surface area contributed by atoms with Gasteiger partial charge in [-0.25, -0.2) is 0 Å². The number of hydrogen-bond donors (Lipinski definition) is 1. The van der Waals surface area contributed by atoms with Crippen LogP contribution in [0.4, 0.5) is 0 Å². The van der Waals surface area contributed by atoms with Gasteiger partial charge in [0.05, 0.1) is 0 Å². The highest BCUT2D eigenvalue weighted by Gasteiger charge is 2.35. The normalized spacial score (nSPS) is 33.0. The standard InChI is InChI=1S/C17H35N3/c1-5-18-16-7-8-17(2,3)13-15(16)14-20-10-6-9-19(4)11-12-20/h15-16,18H,5-14H2,1-4H3. The molecule has 118 valence electrons. The fourth-order valence-corrected chi connectivity index (χ4v) is 4.07. The Bertz CT molecular complexity index is 290. The summed E-state index contributed by atoms with van der Waals surface area (Å²) in [6.45, 7) is 14.6. The summed E-state index contributed by atoms with van der Waals surface area (Å²) in [5.74, 6) is 0.835. The van der Waals surface area contributed by atoms with Crippen LogP contribution in [0.2, 0.25) is 0 Å². The predicted molar refractivity (Wildman–Crippen MR) is 87.1 cm³/mol. The Morgan fingerprint density at radius 3 is 2.70 bits per heavy atom. The first kappa shape index (κ1) is 16.3. The van der Waals surface area contributed by atoms with E-state index in [1.807, 2.05) is 0 Å². The van der Waals surface area contributed by atoms with Crippen molar-refractivity contribution in [3.63, 3.8) is 0 Å². The molecular weight excluding hydrogens is 246 g/mol. The Hall–Kier alpha value is -0.120. The molecule has 0 aromatic rings. The van der Waals surface area contributed by atoms with Gasteiger partial charge in [0, 0.05) is 25.7 Å². The smallest absolute Gasteiger partial charge is 0.0109 e. The van der Waals surface area contributed by atoms with Gasteiger partial charge < -0.3 is 15.1 Å². The maximum atomic E-state index is 3.75. The highest BCUT2D eigenvalue weighted by Crippen LogP contribution is 2.39. The minimum Gasteiger partial charge on any atom is -0.314 e. The number of hydrogen-bond acceptors (Lipinski definition) is 3. The van der Waals surface area contributed by atoms with Gasteiger partial charge in [0.2, 0.25) is 0 Å². The molecule has 2 atom stereocenters. The van der Waals surface area contributed by atoms with Gasteiger partial charge in [-0.3, -0.25) is 0 Å². The van der Waals surface area contributed by atoms with Gasteiger partial charge in [-0.2, -0.15) is 0 Å². The number of nitrogens with one attached hydrogen (secondary N) is 1. The van der Waals surface area contributed by atoms with Crippen LogP contribution in [0.3, 0.4) is 0 Å². The maximum absolute atomic E-state index is 3.75. The van der Waals surface area contributed by atoms with E-state index in [4.69, 9.17) is 0 Å². The van der Waals surface area contributed by atoms with Crippen molar-refractivity contribution in [2.45, 2.75) is 52.5 Å². The van der Waals surface area contributed by atoms with Crippen LogP contribution in [0.15, 0.2) is 0 Å². The quantitative estimate of drug-likeness (QED) is 0.854. The fourth-order valence-electron chi connectivity index (χ4n) is 4.07. The van der Waals surface area contributed by atoms with Crippen molar-refractivity contribution in [3.8, 4) is 0 Å². The Morgan fingerprint density at radius 1 is 1.15 bits per heavy atom. The largest absolute Gasteiger partial charge is 0.314 e. The summed E-state index contributed by atoms with van der Waals surface area (Å²) in [4.78, 5) is 5.20. The molecule has 0 bridgehead atoms. The average Bonchev–Trinajstić information content (AvgIpc) is 2.58. The van der Waals surface area contributed by atoms with E-state index in [1.165, 1.54) is 58.4 Å². The van der Waals surface area contributed by atoms with Crippen LogP contribution in [0, 0.1) is 11.3 Å². The van der Waals surface area contributed by atoms with E-state index in [0.717, 1.165) is 18.5 Å². The molecular formula is C17H35N3. The number of nitrogens with zero attached hydrogens (tertiary/aromatic N) is 2. The Labute approximate surface area is 126 Å². The van der Waals surface area contributed by atoms with Crippen LogP contribution in [0.1, 0.15) is 46.5 Å². The van der Waals surface area contributed by atoms with Gasteiger partial charge in [0.15, 0.2) is 0 Å². The molecule has 3 heteroatoms. The van der Waals surface area contributed by atoms with E-state index in [0.29, 0.717) is 5.41 Å². The molecule has 0 aromatic heterocycles. The fraction of sp³-hybridized carbons (Fsp3) is 1.00. The lowest BCUT2D eigenvalue weighted by Gasteiger charge is -2.43. The zero-order valence-electron chi connectivity index (χ0n) is 14.1. The lowest BCUT2D eigenvalue weighted by Crippen LogP contribution is -2.48. The first-order valence-electron chi connectivity index (χ1n) is 8.64. The van der Waals surface area contributed by atoms with E-state index in [1.54, 1.807) is 0 Å². The van der Waals surface area contributed by atoms with Gasteiger partial charge in [0.1, 0.15) is 0 Å². The molecule has 3 nitrogen and oxygen atoms in total. The monoisotopic (exact) mass is 281 g/mol. The van der Waals surface area contributed by atoms with Gasteiger partial charge in [-0.15, -0.1) is 0 Å². The van der Waals surface area contributed by atoms with Crippen LogP contribution in [0.25, 0.3) is 0 Å². The second-order valence-electron chi connectivity index (χ2n) is 7.79. The van der Waals surface area contributed by atoms with E-state index < -0.39 is 0 Å². The van der Waals surface area contributed by atoms with E-state index >= 15 is 0 Å². The SMILES string of the molecule is CCNC1CCC(C)(C)CC1CN1CCCN(C)CC1. The third kappa shape index (κ3) is 4.71. The zero-order chi connectivity index (χ0) is 14.6. The van der Waals surface area contributed by atoms with Crippen LogP contribution in [0.5, 0.6) is 0 Å². The van der Waals surface area contributed by atoms with Crippen LogP contribution < -0.4 is 5.32 Å². The molecule has 1 N–H and O–H groups in total. The Kier molecular flexibility index (Phi) is 5.88. The molecule has 1 heterocycles. The number of likely N-dealkylation sites (N-methyl/N-ethyl adjacent to an activating group) is 1. The second kappa shape index (κ2) is 7.24. The molecule has 0 amide bonds. The average molecular weight is 281 g/mol. The second-order valence-corrected chi connectivity index (χ2v) is 7.79. The molecule has 1 aliphatic heterocycles. The Balaban J connectivity index is 1.92. The molecule has 1 aliphatic carbocycles. The third-order valence-corrected chi connectivity index (χ3v) is 5.29. The zero-order valence-corrected chi connectivity index (χ0v) is 14.1. The lowest BCUT2D eigenvalue weighted by atomic mass is 9.69. The summed E-state index contributed by atoms with van der Waals surface area (Å²) < 4.78 is 0. The first-order chi connectivity index (χ1) is 9.50. The predicted octanol–water partition coefficient (Wildman–Crippen LogP) is 2.43. The summed E-state index contributed by atoms with van der Waals surface area (Å²) in [5, 5.41) is 3.75. The highest BCUT2D eigenvalue weighted by atomic mass is 15.2. The maximum Gasteiger partial charge on any atom is 0.0109 e. The van der Waals surface area contributed by atoms with Crippen molar-refractivity contribution in [2.75, 3.05) is 46.3 Å². The molecule has 2 rings (SSSR count). The van der Waals surface area contributed by atoms with E-state index in [2.05, 4.69) is 42.9 Å². The molecule has 1 saturated heterocycles. The van der Waals surface area contributed by atoms with E-state index in [9.17, 15) is 0 Å². The summed E-state index contributed by atoms with van der Waals surface area (Å²) in [7, 11) is 2.26. The van der Waals surface area contributed by atoms with Crippen molar-refractivity contribution < 1.29 is 0 Å². The van der Waals surface area contributed by atoms with Crippen molar-refractivity contribution >= 4 is 0 Å². The lowest BCUT2D eigenvalue weighted by molar-refractivity contribution is 0.102. The van der Waals surface area contributed by atoms with Crippen LogP contribution in [-0.2, 0) is 0 Å². The first-order valence-corrected chi connectivity index (χ1v) is 8.64. The summed E-state index contributed by atoms with van der Waals surface area (Å²) in [6, 6.07) is 0.744. The summed E-state index contributed by atoms with van der Waals surface area (Å²) >= 11 is 0. The number of rotatable bonds is 4. The van der Waals surface area contributed by atoms with Crippen LogP contribution >= 0.6 is 0 Å². The molecule has 1 saturated carbocycles. The minimum atomic E-state index is 0.541. The van der Waals surface area contributed by atoms with Gasteiger partial charge in [-0.05, 0) is 63.7 Å². The van der Waals surface area contributed by atoms with Crippen molar-refractivity contribution in [2.24, 2.45) is 11.3 Å². The highest BCUT2D eigenvalue weighted by molar-refractivity contribution is 4.90. The van der Waals surface area contributed by atoms with Crippen molar-refractivity contribution in [1.82, 2.24) is 15.1 Å². The van der Waals surface area contributed by atoms with Crippen molar-refractivity contribution in [1.29, 1.82) is 0 Å². The molecule has 2 aliphatic rings. The summed E-state index contributed by atoms with van der Waals surface area (Å²) in [5.41, 5.74) is 0.541. The molecule has 2 fully saturated rings.